The molecule has 18 atom stereocenters. The number of nitrogens with two attached hydrogens (primary N) is 1. The minimum Gasteiger partial charge on any atom is -0.508 e. The lowest BCUT2D eigenvalue weighted by molar-refractivity contribution is -0.333. The zero-order chi connectivity index (χ0) is 73.5. The van der Waals surface area contributed by atoms with E-state index in [-0.39, 0.29) is 46.2 Å². The Morgan fingerprint density at radius 1 is 0.703 bits per heavy atom. The highest BCUT2D eigenvalue weighted by atomic mass is 35.5. The second kappa shape index (κ2) is 30.2. The van der Waals surface area contributed by atoms with E-state index in [2.05, 4.69) is 37.2 Å². The van der Waals surface area contributed by atoms with Crippen LogP contribution in [0.2, 0.25) is 10.0 Å². The van der Waals surface area contributed by atoms with E-state index < -0.39 is 237 Å². The number of aliphatic carboxylic acids is 2. The number of ether oxygens (including phenoxy) is 6. The van der Waals surface area contributed by atoms with Crippen molar-refractivity contribution in [1.29, 1.82) is 0 Å². The van der Waals surface area contributed by atoms with Gasteiger partial charge in [0.05, 0.1) is 41.3 Å². The topological polar surface area (TPSA) is 525 Å². The molecule has 11 bridgehead atoms. The van der Waals surface area contributed by atoms with Crippen molar-refractivity contribution >= 4 is 70.6 Å². The SMILES string of the molecule is CN[C@H](CC(C)C)C(=O)N[C@H]1C(=O)N[C@@H](CC(=O)O)C(=O)N[C@H]2C(=O)N[C@H]3C(=O)N[C@H](C(=O)N[C@H](C(=O)O)c4cc(O)cc(O)c4-c4cc3ccc4O)[C@H](O)c3ccc(c(Cl)c3)Oc3cc2cc(c3O[C@@H]2O[C@H](CO)[C@@H](O)[C@H](O)[C@H]2O[C@H]2C[C@](C)(N)[C@H](O)[C@H](C)O2)Oc2ccc(cc2Cl)[C@H]1O. The summed E-state index contributed by atoms with van der Waals surface area (Å²) >= 11 is 14.1. The highest BCUT2D eigenvalue weighted by Gasteiger charge is 2.51. The van der Waals surface area contributed by atoms with Crippen LogP contribution >= 0.6 is 23.2 Å². The minimum absolute atomic E-state index is 0.111. The molecule has 0 aromatic heterocycles. The van der Waals surface area contributed by atoms with Gasteiger partial charge in [-0.25, -0.2) is 4.79 Å². The number of likely N-dealkylation sites (N-methyl/N-ethyl adjacent to an activating group) is 1. The molecule has 101 heavy (non-hydrogen) atoms. The first-order valence-corrected chi connectivity index (χ1v) is 32.3. The number of amides is 6. The summed E-state index contributed by atoms with van der Waals surface area (Å²) in [4.78, 5) is 116. The van der Waals surface area contributed by atoms with E-state index >= 15 is 14.4 Å². The van der Waals surface area contributed by atoms with E-state index in [1.54, 1.807) is 13.8 Å². The van der Waals surface area contributed by atoms with Crippen LogP contribution in [0.4, 0.5) is 0 Å². The second-order valence-electron chi connectivity index (χ2n) is 25.6. The van der Waals surface area contributed by atoms with Crippen molar-refractivity contribution in [3.63, 3.8) is 0 Å². The highest BCUT2D eigenvalue weighted by molar-refractivity contribution is 6.32. The van der Waals surface area contributed by atoms with Crippen LogP contribution in [0, 0.1) is 5.92 Å². The van der Waals surface area contributed by atoms with Crippen molar-refractivity contribution < 1.29 is 123 Å². The van der Waals surface area contributed by atoms with Crippen molar-refractivity contribution in [2.75, 3.05) is 13.7 Å². The number of phenolic OH excluding ortho intramolecular Hbond substituents is 3. The van der Waals surface area contributed by atoms with Crippen LogP contribution in [0.25, 0.3) is 11.1 Å². The summed E-state index contributed by atoms with van der Waals surface area (Å²) in [5, 5.41) is 141. The third-order valence-corrected chi connectivity index (χ3v) is 18.3. The number of aromatic hydroxyl groups is 3. The van der Waals surface area contributed by atoms with Crippen LogP contribution < -0.4 is 57.2 Å². The van der Waals surface area contributed by atoms with Gasteiger partial charge in [0.2, 0.25) is 47.5 Å². The Balaban J connectivity index is 1.24. The summed E-state index contributed by atoms with van der Waals surface area (Å²) in [5.41, 5.74) is 2.14. The van der Waals surface area contributed by atoms with Crippen LogP contribution in [0.15, 0.2) is 78.9 Å². The number of halogens is 2. The summed E-state index contributed by atoms with van der Waals surface area (Å²) in [6.45, 7) is 5.62. The number of carbonyl (C=O) groups is 8. The monoisotopic (exact) mass is 1450 g/mol. The van der Waals surface area contributed by atoms with E-state index in [1.165, 1.54) is 33.0 Å². The van der Waals surface area contributed by atoms with Crippen LogP contribution in [0.1, 0.15) is 105 Å². The van der Waals surface area contributed by atoms with Gasteiger partial charge in [0, 0.05) is 34.7 Å². The number of carboxylic acid groups (broad SMARTS) is 2. The second-order valence-corrected chi connectivity index (χ2v) is 26.5. The van der Waals surface area contributed by atoms with Gasteiger partial charge >= 0.3 is 11.9 Å². The number of fused-ring (bicyclic) bond motifs is 15. The Morgan fingerprint density at radius 3 is 1.89 bits per heavy atom. The largest absolute Gasteiger partial charge is 0.508 e. The van der Waals surface area contributed by atoms with Gasteiger partial charge in [-0.2, -0.15) is 0 Å². The number of rotatable bonds is 13. The fourth-order valence-corrected chi connectivity index (χ4v) is 12.9. The average Bonchev–Trinajstić information content (AvgIpc) is 0.775. The standard InChI is InChI=1S/C66H74Cl2N8O25/c1-23(2)12-34(70-5)58(88)75-49-51(83)26-7-10-38(32(67)14-26)97-40-16-28-17-41(55(40)101-65-56(54(86)53(85)42(22-77)99-65)100-44-21-66(4,69)57(87)24(3)96-44)98-39-11-8-27(15-33(39)68)52(84)50-63(93)74-48(64(94)95)31-18-29(78)19-37(80)45(31)30-13-25(6-9-36(30)79)46(60(90)76-50)73-61(91)47(28)72-59(89)35(20-43(81)82)71-62(49)92/h6-11,13-19,23-24,34-35,42,44,46-54,56-57,65,70,77-80,83-87H,12,20-22,69H2,1-5H3,(H,71,92)(H,72,89)(H,73,91)(H,74,93)(H,75,88)(H,76,90)(H,81,82)(H,94,95)/t24-,34+,35-,42+,44-,46+,47+,48-,49+,50-,51+,52+,53+,54-,56+,57+,65-,66-/m0/s1. The first kappa shape index (κ1) is 74.5. The number of nitrogens with one attached hydrogen (secondary N) is 7. The molecule has 33 nitrogen and oxygen atoms in total. The van der Waals surface area contributed by atoms with Gasteiger partial charge < -0.3 is 128 Å². The van der Waals surface area contributed by atoms with Crippen molar-refractivity contribution in [2.24, 2.45) is 11.7 Å². The van der Waals surface area contributed by atoms with Crippen LogP contribution in [0.3, 0.4) is 0 Å². The molecule has 20 N–H and O–H groups in total. The van der Waals surface area contributed by atoms with Gasteiger partial charge in [0.1, 0.15) is 89.5 Å². The molecule has 2 fully saturated rings. The summed E-state index contributed by atoms with van der Waals surface area (Å²) in [6, 6.07) is -1.14. The third-order valence-electron chi connectivity index (χ3n) is 17.7. The molecular weight excluding hydrogens is 1380 g/mol. The van der Waals surface area contributed by atoms with Crippen LogP contribution in [-0.4, -0.2) is 196 Å². The van der Waals surface area contributed by atoms with Crippen LogP contribution in [-0.2, 0) is 52.6 Å². The maximum atomic E-state index is 16.0. The molecule has 2 saturated heterocycles. The number of hydrogen-bond donors (Lipinski definition) is 19. The Kier molecular flexibility index (Phi) is 22.2. The van der Waals surface area contributed by atoms with Crippen molar-refractivity contribution in [3.8, 4) is 57.1 Å². The zero-order valence-electron chi connectivity index (χ0n) is 54.2. The van der Waals surface area contributed by atoms with E-state index in [4.69, 9.17) is 57.4 Å². The molecule has 0 radical (unpaired) electrons. The zero-order valence-corrected chi connectivity index (χ0v) is 55.7. The smallest absolute Gasteiger partial charge is 0.330 e. The van der Waals surface area contributed by atoms with Crippen molar-refractivity contribution in [2.45, 2.75) is 156 Å². The predicted octanol–water partition coefficient (Wildman–Crippen LogP) is 0.706. The molecule has 12 rings (SSSR count). The Morgan fingerprint density at radius 2 is 1.31 bits per heavy atom. The van der Waals surface area contributed by atoms with Gasteiger partial charge in [-0.05, 0) is 110 Å². The van der Waals surface area contributed by atoms with Crippen molar-refractivity contribution in [3.05, 3.63) is 117 Å². The van der Waals surface area contributed by atoms with Gasteiger partial charge in [-0.3, -0.25) is 33.6 Å². The molecule has 6 amide bonds. The molecule has 7 aliphatic heterocycles. The quantitative estimate of drug-likeness (QED) is 0.0771. The lowest BCUT2D eigenvalue weighted by atomic mass is 9.86. The molecule has 7 heterocycles. The average molecular weight is 1450 g/mol. The highest BCUT2D eigenvalue weighted by Crippen LogP contribution is 2.50. The Bertz CT molecular complexity index is 4070. The first-order valence-electron chi connectivity index (χ1n) is 31.6. The van der Waals surface area contributed by atoms with E-state index in [0.717, 1.165) is 66.7 Å². The molecule has 5 aromatic rings. The summed E-state index contributed by atoms with van der Waals surface area (Å²) in [5.74, 6) is -16.8. The molecule has 0 saturated carbocycles. The first-order chi connectivity index (χ1) is 47.7. The number of benzene rings is 5. The number of aliphatic hydroxyl groups excluding tert-OH is 6. The number of aliphatic hydroxyl groups is 6. The molecule has 7 aliphatic rings. The molecule has 35 heteroatoms. The molecule has 0 unspecified atom stereocenters. The van der Waals surface area contributed by atoms with Gasteiger partial charge in [0.25, 0.3) is 0 Å². The molecule has 5 aromatic carbocycles. The normalized spacial score (nSPS) is 29.4. The number of hydrogen-bond acceptors (Lipinski definition) is 25. The summed E-state index contributed by atoms with van der Waals surface area (Å²) < 4.78 is 38.2. The van der Waals surface area contributed by atoms with Gasteiger partial charge in [-0.1, -0.05) is 55.2 Å². The molecule has 0 spiro atoms. The maximum Gasteiger partial charge on any atom is 0.330 e. The Hall–Kier alpha value is -9.20. The van der Waals surface area contributed by atoms with Gasteiger partial charge in [0.15, 0.2) is 29.9 Å². The third kappa shape index (κ3) is 15.8. The fourth-order valence-electron chi connectivity index (χ4n) is 12.5. The maximum absolute atomic E-state index is 16.0. The number of carboxylic acids is 2. The number of carbonyl (C=O) groups excluding carboxylic acids is 6. The summed E-state index contributed by atoms with van der Waals surface area (Å²) in [6.07, 6.45) is -18.9. The molecular formula is C66H74Cl2N8O25. The molecule has 0 aliphatic carbocycles. The minimum atomic E-state index is -2.39. The fraction of sp³-hybridized carbons (Fsp3) is 0.424. The molecule has 542 valence electrons. The lowest BCUT2D eigenvalue weighted by Crippen LogP contribution is -2.64. The van der Waals surface area contributed by atoms with Crippen LogP contribution in [0.5, 0.6) is 46.0 Å². The number of phenols is 3. The lowest BCUT2D eigenvalue weighted by Gasteiger charge is -2.47. The van der Waals surface area contributed by atoms with Gasteiger partial charge in [-0.15, -0.1) is 0 Å². The van der Waals surface area contributed by atoms with E-state index in [9.17, 15) is 80.1 Å². The van der Waals surface area contributed by atoms with E-state index in [0.29, 0.717) is 0 Å². The van der Waals surface area contributed by atoms with Crippen molar-refractivity contribution in [1.82, 2.24) is 37.2 Å². The van der Waals surface area contributed by atoms with E-state index in [1.807, 2.05) is 0 Å². The predicted molar refractivity (Wildman–Crippen MR) is 348 cm³/mol. The summed E-state index contributed by atoms with van der Waals surface area (Å²) in [7, 11) is 1.46. The Labute approximate surface area is 583 Å².